The molecule has 4 N–H and O–H groups in total. The number of methoxy groups -OCH3 is 1. The van der Waals surface area contributed by atoms with Crippen molar-refractivity contribution in [3.8, 4) is 11.5 Å². The topological polar surface area (TPSA) is 89.1 Å². The van der Waals surface area contributed by atoms with Crippen LogP contribution in [0.2, 0.25) is 0 Å². The average molecular weight is 383 g/mol. The molecule has 2 aromatic carbocycles. The number of guanidine groups is 1. The van der Waals surface area contributed by atoms with Gasteiger partial charge in [0.05, 0.1) is 19.8 Å². The van der Waals surface area contributed by atoms with Gasteiger partial charge in [0, 0.05) is 6.54 Å². The minimum atomic E-state index is -4.72. The van der Waals surface area contributed by atoms with E-state index in [2.05, 4.69) is 15.0 Å². The molecule has 1 unspecified atom stereocenters. The first-order valence-corrected chi connectivity index (χ1v) is 7.97. The second kappa shape index (κ2) is 9.13. The SMILES string of the molecule is COc1cccc(C(O)CNC(N)=NCc2ccc(OC(F)(F)F)cc2)c1. The third-order valence-electron chi connectivity index (χ3n) is 3.54. The Morgan fingerprint density at radius 3 is 2.52 bits per heavy atom. The lowest BCUT2D eigenvalue weighted by atomic mass is 10.1. The van der Waals surface area contributed by atoms with E-state index in [1.807, 2.05) is 0 Å². The van der Waals surface area contributed by atoms with Gasteiger partial charge in [-0.1, -0.05) is 24.3 Å². The zero-order chi connectivity index (χ0) is 19.9. The van der Waals surface area contributed by atoms with Crippen molar-refractivity contribution in [1.29, 1.82) is 0 Å². The van der Waals surface area contributed by atoms with Gasteiger partial charge in [-0.25, -0.2) is 4.99 Å². The molecule has 0 saturated carbocycles. The Morgan fingerprint density at radius 2 is 1.89 bits per heavy atom. The number of aliphatic imine (C=N–C) groups is 1. The molecule has 0 aliphatic rings. The molecule has 0 aromatic heterocycles. The summed E-state index contributed by atoms with van der Waals surface area (Å²) < 4.78 is 45.2. The number of nitrogens with one attached hydrogen (secondary N) is 1. The third-order valence-corrected chi connectivity index (χ3v) is 3.54. The molecule has 0 saturated heterocycles. The molecule has 0 aliphatic carbocycles. The maximum absolute atomic E-state index is 12.1. The Labute approximate surface area is 154 Å². The summed E-state index contributed by atoms with van der Waals surface area (Å²) in [6, 6.07) is 12.3. The van der Waals surface area contributed by atoms with E-state index in [0.717, 1.165) is 0 Å². The van der Waals surface area contributed by atoms with Crippen molar-refractivity contribution in [1.82, 2.24) is 5.32 Å². The largest absolute Gasteiger partial charge is 0.573 e. The Balaban J connectivity index is 1.85. The highest BCUT2D eigenvalue weighted by Gasteiger charge is 2.30. The predicted octanol–water partition coefficient (Wildman–Crippen LogP) is 2.73. The van der Waals surface area contributed by atoms with E-state index in [-0.39, 0.29) is 24.8 Å². The lowest BCUT2D eigenvalue weighted by Crippen LogP contribution is -2.34. The van der Waals surface area contributed by atoms with E-state index >= 15 is 0 Å². The van der Waals surface area contributed by atoms with Gasteiger partial charge in [0.2, 0.25) is 0 Å². The lowest BCUT2D eigenvalue weighted by Gasteiger charge is -2.13. The normalized spacial score (nSPS) is 13.1. The summed E-state index contributed by atoms with van der Waals surface area (Å²) in [4.78, 5) is 4.08. The van der Waals surface area contributed by atoms with Crippen molar-refractivity contribution in [3.63, 3.8) is 0 Å². The van der Waals surface area contributed by atoms with Gasteiger partial charge in [-0.2, -0.15) is 0 Å². The van der Waals surface area contributed by atoms with Crippen LogP contribution in [-0.4, -0.2) is 31.1 Å². The molecule has 1 atom stereocenters. The first kappa shape index (κ1) is 20.4. The van der Waals surface area contributed by atoms with Crippen LogP contribution in [0.4, 0.5) is 13.2 Å². The Bertz CT molecular complexity index is 764. The number of hydrogen-bond donors (Lipinski definition) is 3. The fourth-order valence-electron chi connectivity index (χ4n) is 2.20. The molecule has 2 aromatic rings. The summed E-state index contributed by atoms with van der Waals surface area (Å²) in [5.74, 6) is 0.432. The molecular weight excluding hydrogens is 363 g/mol. The average Bonchev–Trinajstić information content (AvgIpc) is 2.64. The molecule has 146 valence electrons. The number of aliphatic hydroxyl groups is 1. The van der Waals surface area contributed by atoms with Crippen LogP contribution < -0.4 is 20.5 Å². The molecule has 0 bridgehead atoms. The fraction of sp³-hybridized carbons (Fsp3) is 0.278. The van der Waals surface area contributed by atoms with E-state index in [9.17, 15) is 18.3 Å². The van der Waals surface area contributed by atoms with E-state index in [4.69, 9.17) is 10.5 Å². The van der Waals surface area contributed by atoms with Crippen LogP contribution in [0.25, 0.3) is 0 Å². The summed E-state index contributed by atoms with van der Waals surface area (Å²) in [6.07, 6.45) is -5.54. The summed E-state index contributed by atoms with van der Waals surface area (Å²) in [6.45, 7) is 0.307. The highest BCUT2D eigenvalue weighted by atomic mass is 19.4. The monoisotopic (exact) mass is 383 g/mol. The maximum atomic E-state index is 12.1. The van der Waals surface area contributed by atoms with Crippen LogP contribution in [0.15, 0.2) is 53.5 Å². The van der Waals surface area contributed by atoms with E-state index < -0.39 is 12.5 Å². The van der Waals surface area contributed by atoms with E-state index in [1.165, 1.54) is 31.4 Å². The molecule has 0 radical (unpaired) electrons. The summed E-state index contributed by atoms with van der Waals surface area (Å²) >= 11 is 0. The number of alkyl halides is 3. The number of rotatable bonds is 7. The minimum Gasteiger partial charge on any atom is -0.497 e. The number of halogens is 3. The van der Waals surface area contributed by atoms with Crippen molar-refractivity contribution in [2.75, 3.05) is 13.7 Å². The number of ether oxygens (including phenoxy) is 2. The molecule has 0 heterocycles. The molecule has 0 spiro atoms. The molecule has 0 aliphatic heterocycles. The third kappa shape index (κ3) is 7.06. The molecule has 6 nitrogen and oxygen atoms in total. The number of nitrogens with two attached hydrogens (primary N) is 1. The van der Waals surface area contributed by atoms with Crippen molar-refractivity contribution in [2.45, 2.75) is 19.0 Å². The summed E-state index contributed by atoms with van der Waals surface area (Å²) in [7, 11) is 1.54. The fourth-order valence-corrected chi connectivity index (χ4v) is 2.20. The number of hydrogen-bond acceptors (Lipinski definition) is 4. The van der Waals surface area contributed by atoms with Gasteiger partial charge in [0.15, 0.2) is 5.96 Å². The number of benzene rings is 2. The standard InChI is InChI=1S/C18H20F3N3O3/c1-26-15-4-2-3-13(9-15)16(25)11-24-17(22)23-10-12-5-7-14(8-6-12)27-18(19,20)21/h2-9,16,25H,10-11H2,1H3,(H3,22,23,24). The summed E-state index contributed by atoms with van der Waals surface area (Å²) in [5.41, 5.74) is 7.06. The quantitative estimate of drug-likeness (QED) is 0.505. The maximum Gasteiger partial charge on any atom is 0.573 e. The van der Waals surface area contributed by atoms with E-state index in [0.29, 0.717) is 16.9 Å². The Hall–Kier alpha value is -2.94. The van der Waals surface area contributed by atoms with Gasteiger partial charge < -0.3 is 25.6 Å². The highest BCUT2D eigenvalue weighted by Crippen LogP contribution is 2.23. The molecule has 0 amide bonds. The van der Waals surface area contributed by atoms with Crippen molar-refractivity contribution in [2.24, 2.45) is 10.7 Å². The van der Waals surface area contributed by atoms with Crippen molar-refractivity contribution in [3.05, 3.63) is 59.7 Å². The number of nitrogens with zero attached hydrogens (tertiary/aromatic N) is 1. The second-order valence-corrected chi connectivity index (χ2v) is 5.57. The zero-order valence-electron chi connectivity index (χ0n) is 14.5. The Morgan fingerprint density at radius 1 is 1.19 bits per heavy atom. The molecule has 0 fully saturated rings. The summed E-state index contributed by atoms with van der Waals surface area (Å²) in [5, 5.41) is 13.0. The number of aliphatic hydroxyl groups excluding tert-OH is 1. The predicted molar refractivity (Wildman–Crippen MR) is 94.4 cm³/mol. The van der Waals surface area contributed by atoms with Crippen LogP contribution >= 0.6 is 0 Å². The van der Waals surface area contributed by atoms with Crippen LogP contribution in [0.5, 0.6) is 11.5 Å². The molecular formula is C18H20F3N3O3. The van der Waals surface area contributed by atoms with Crippen molar-refractivity contribution < 1.29 is 27.8 Å². The molecule has 9 heteroatoms. The lowest BCUT2D eigenvalue weighted by molar-refractivity contribution is -0.274. The highest BCUT2D eigenvalue weighted by molar-refractivity contribution is 5.77. The Kier molecular flexibility index (Phi) is 6.89. The first-order valence-electron chi connectivity index (χ1n) is 7.97. The molecule has 2 rings (SSSR count). The van der Waals surface area contributed by atoms with Gasteiger partial charge in [-0.05, 0) is 35.4 Å². The van der Waals surface area contributed by atoms with Crippen molar-refractivity contribution >= 4 is 5.96 Å². The smallest absolute Gasteiger partial charge is 0.497 e. The van der Waals surface area contributed by atoms with Gasteiger partial charge in [-0.3, -0.25) is 0 Å². The first-order chi connectivity index (χ1) is 12.8. The second-order valence-electron chi connectivity index (χ2n) is 5.57. The minimum absolute atomic E-state index is 0.104. The zero-order valence-corrected chi connectivity index (χ0v) is 14.5. The van der Waals surface area contributed by atoms with Gasteiger partial charge in [-0.15, -0.1) is 13.2 Å². The van der Waals surface area contributed by atoms with Crippen LogP contribution in [-0.2, 0) is 6.54 Å². The van der Waals surface area contributed by atoms with Crippen LogP contribution in [0.1, 0.15) is 17.2 Å². The molecule has 27 heavy (non-hydrogen) atoms. The van der Waals surface area contributed by atoms with Crippen LogP contribution in [0.3, 0.4) is 0 Å². The van der Waals surface area contributed by atoms with Gasteiger partial charge in [0.25, 0.3) is 0 Å². The van der Waals surface area contributed by atoms with Gasteiger partial charge in [0.1, 0.15) is 11.5 Å². The van der Waals surface area contributed by atoms with Crippen LogP contribution in [0, 0.1) is 0 Å². The van der Waals surface area contributed by atoms with Gasteiger partial charge >= 0.3 is 6.36 Å². The van der Waals surface area contributed by atoms with E-state index in [1.54, 1.807) is 24.3 Å².